The van der Waals surface area contributed by atoms with Gasteiger partial charge in [0.1, 0.15) is 23.7 Å². The zero-order valence-corrected chi connectivity index (χ0v) is 16.5. The number of anilines is 2. The molecule has 3 aromatic rings. The summed E-state index contributed by atoms with van der Waals surface area (Å²) in [6.07, 6.45) is 3.27. The van der Waals surface area contributed by atoms with Crippen molar-refractivity contribution in [1.29, 1.82) is 0 Å². The Morgan fingerprint density at radius 2 is 1.66 bits per heavy atom. The van der Waals surface area contributed by atoms with Gasteiger partial charge < -0.3 is 15.1 Å². The molecule has 1 aromatic carbocycles. The van der Waals surface area contributed by atoms with Crippen molar-refractivity contribution >= 4 is 17.5 Å². The van der Waals surface area contributed by atoms with E-state index in [4.69, 9.17) is 0 Å². The van der Waals surface area contributed by atoms with Gasteiger partial charge in [-0.3, -0.25) is 4.79 Å². The minimum atomic E-state index is -0.191. The summed E-state index contributed by atoms with van der Waals surface area (Å²) in [5.41, 5.74) is 2.64. The third kappa shape index (κ3) is 4.51. The van der Waals surface area contributed by atoms with Crippen molar-refractivity contribution in [3.05, 3.63) is 77.9 Å². The van der Waals surface area contributed by atoms with Gasteiger partial charge in [-0.2, -0.15) is 0 Å². The van der Waals surface area contributed by atoms with Crippen molar-refractivity contribution in [3.63, 3.8) is 0 Å². The first-order valence-electron chi connectivity index (χ1n) is 9.76. The molecule has 3 heterocycles. The summed E-state index contributed by atoms with van der Waals surface area (Å²) in [6, 6.07) is 15.7. The Balaban J connectivity index is 1.37. The highest BCUT2D eigenvalue weighted by molar-refractivity contribution is 5.92. The van der Waals surface area contributed by atoms with Gasteiger partial charge in [-0.25, -0.2) is 15.0 Å². The molecule has 1 N–H and O–H groups in total. The Kier molecular flexibility index (Phi) is 5.65. The third-order valence-electron chi connectivity index (χ3n) is 5.16. The normalized spacial score (nSPS) is 14.0. The number of pyridine rings is 1. The fourth-order valence-corrected chi connectivity index (χ4v) is 3.42. The molecule has 0 aliphatic carbocycles. The Hall–Kier alpha value is -3.48. The van der Waals surface area contributed by atoms with Crippen molar-refractivity contribution < 1.29 is 4.79 Å². The second-order valence-electron chi connectivity index (χ2n) is 7.03. The monoisotopic (exact) mass is 388 g/mol. The van der Waals surface area contributed by atoms with Crippen LogP contribution >= 0.6 is 0 Å². The molecule has 1 aliphatic heterocycles. The summed E-state index contributed by atoms with van der Waals surface area (Å²) in [5, 5.41) is 2.95. The zero-order valence-electron chi connectivity index (χ0n) is 16.5. The SMILES string of the molecule is Cc1ccccc1CNC(=O)c1cc(N2CCN(c3ccccn3)CC2)ncn1. The second kappa shape index (κ2) is 8.68. The van der Waals surface area contributed by atoms with E-state index < -0.39 is 0 Å². The second-order valence-corrected chi connectivity index (χ2v) is 7.03. The van der Waals surface area contributed by atoms with Crippen LogP contribution in [0.3, 0.4) is 0 Å². The topological polar surface area (TPSA) is 74.2 Å². The number of carbonyl (C=O) groups excluding carboxylic acids is 1. The molecule has 0 spiro atoms. The molecule has 2 aromatic heterocycles. The number of hydrogen-bond acceptors (Lipinski definition) is 6. The van der Waals surface area contributed by atoms with Crippen LogP contribution in [-0.4, -0.2) is 47.0 Å². The quantitative estimate of drug-likeness (QED) is 0.724. The average molecular weight is 388 g/mol. The predicted octanol–water partition coefficient (Wildman–Crippen LogP) is 2.44. The molecule has 29 heavy (non-hydrogen) atoms. The van der Waals surface area contributed by atoms with Gasteiger partial charge in [0.05, 0.1) is 0 Å². The van der Waals surface area contributed by atoms with Gasteiger partial charge in [-0.05, 0) is 30.2 Å². The van der Waals surface area contributed by atoms with Gasteiger partial charge >= 0.3 is 0 Å². The number of amides is 1. The van der Waals surface area contributed by atoms with Crippen LogP contribution in [0.25, 0.3) is 0 Å². The Bertz CT molecular complexity index is 970. The number of aromatic nitrogens is 3. The molecular weight excluding hydrogens is 364 g/mol. The molecule has 7 heteroatoms. The molecule has 1 saturated heterocycles. The van der Waals surface area contributed by atoms with Crippen LogP contribution in [0, 0.1) is 6.92 Å². The Labute approximate surface area is 170 Å². The molecule has 4 rings (SSSR count). The van der Waals surface area contributed by atoms with Crippen LogP contribution in [0.5, 0.6) is 0 Å². The van der Waals surface area contributed by atoms with Crippen LogP contribution in [0.15, 0.2) is 61.1 Å². The smallest absolute Gasteiger partial charge is 0.270 e. The van der Waals surface area contributed by atoms with Crippen LogP contribution in [-0.2, 0) is 6.54 Å². The number of carbonyl (C=O) groups is 1. The summed E-state index contributed by atoms with van der Waals surface area (Å²) < 4.78 is 0. The van der Waals surface area contributed by atoms with E-state index in [0.29, 0.717) is 12.2 Å². The van der Waals surface area contributed by atoms with Gasteiger partial charge in [0.15, 0.2) is 0 Å². The summed E-state index contributed by atoms with van der Waals surface area (Å²) in [7, 11) is 0. The highest BCUT2D eigenvalue weighted by atomic mass is 16.1. The van der Waals surface area contributed by atoms with E-state index in [9.17, 15) is 4.79 Å². The van der Waals surface area contributed by atoms with Crippen LogP contribution in [0.1, 0.15) is 21.6 Å². The number of nitrogens with one attached hydrogen (secondary N) is 1. The molecule has 1 fully saturated rings. The lowest BCUT2D eigenvalue weighted by molar-refractivity contribution is 0.0945. The molecular formula is C22H24N6O. The molecule has 0 saturated carbocycles. The lowest BCUT2D eigenvalue weighted by atomic mass is 10.1. The fourth-order valence-electron chi connectivity index (χ4n) is 3.42. The molecule has 1 amide bonds. The first-order chi connectivity index (χ1) is 14.2. The lowest BCUT2D eigenvalue weighted by Gasteiger charge is -2.36. The standard InChI is InChI=1S/C22H24N6O/c1-17-6-2-3-7-18(17)15-24-22(29)19-14-21(26-16-25-19)28-12-10-27(11-13-28)20-8-4-5-9-23-20/h2-9,14,16H,10-13,15H2,1H3,(H,24,29). The van der Waals surface area contributed by atoms with E-state index in [1.807, 2.05) is 55.6 Å². The molecule has 148 valence electrons. The van der Waals surface area contributed by atoms with Gasteiger partial charge in [-0.15, -0.1) is 0 Å². The van der Waals surface area contributed by atoms with Crippen LogP contribution in [0.2, 0.25) is 0 Å². The van der Waals surface area contributed by atoms with Crippen LogP contribution < -0.4 is 15.1 Å². The predicted molar refractivity (Wildman–Crippen MR) is 113 cm³/mol. The summed E-state index contributed by atoms with van der Waals surface area (Å²) in [6.45, 7) is 5.86. The van der Waals surface area contributed by atoms with Crippen molar-refractivity contribution in [2.24, 2.45) is 0 Å². The number of hydrogen-bond donors (Lipinski definition) is 1. The lowest BCUT2D eigenvalue weighted by Crippen LogP contribution is -2.47. The van der Waals surface area contributed by atoms with Crippen molar-refractivity contribution in [3.8, 4) is 0 Å². The minimum absolute atomic E-state index is 0.191. The molecule has 0 radical (unpaired) electrons. The Morgan fingerprint density at radius 3 is 2.38 bits per heavy atom. The van der Waals surface area contributed by atoms with E-state index in [-0.39, 0.29) is 5.91 Å². The third-order valence-corrected chi connectivity index (χ3v) is 5.16. The van der Waals surface area contributed by atoms with E-state index in [1.54, 1.807) is 6.07 Å². The zero-order chi connectivity index (χ0) is 20.1. The van der Waals surface area contributed by atoms with Gasteiger partial charge in [0.25, 0.3) is 5.91 Å². The maximum atomic E-state index is 12.6. The maximum absolute atomic E-state index is 12.6. The maximum Gasteiger partial charge on any atom is 0.270 e. The summed E-state index contributed by atoms with van der Waals surface area (Å²) in [4.78, 5) is 30.0. The molecule has 0 bridgehead atoms. The van der Waals surface area contributed by atoms with E-state index >= 15 is 0 Å². The van der Waals surface area contributed by atoms with Gasteiger partial charge in [-0.1, -0.05) is 30.3 Å². The number of piperazine rings is 1. The number of benzene rings is 1. The first kappa shape index (κ1) is 18.9. The molecule has 0 unspecified atom stereocenters. The summed E-state index contributed by atoms with van der Waals surface area (Å²) >= 11 is 0. The van der Waals surface area contributed by atoms with Crippen molar-refractivity contribution in [1.82, 2.24) is 20.3 Å². The number of aryl methyl sites for hydroxylation is 1. The average Bonchev–Trinajstić information content (AvgIpc) is 2.79. The highest BCUT2D eigenvalue weighted by Crippen LogP contribution is 2.17. The largest absolute Gasteiger partial charge is 0.353 e. The summed E-state index contributed by atoms with van der Waals surface area (Å²) in [5.74, 6) is 1.58. The van der Waals surface area contributed by atoms with E-state index in [0.717, 1.165) is 48.9 Å². The van der Waals surface area contributed by atoms with Crippen molar-refractivity contribution in [2.75, 3.05) is 36.0 Å². The van der Waals surface area contributed by atoms with Crippen molar-refractivity contribution in [2.45, 2.75) is 13.5 Å². The van der Waals surface area contributed by atoms with Crippen LogP contribution in [0.4, 0.5) is 11.6 Å². The first-order valence-corrected chi connectivity index (χ1v) is 9.76. The van der Waals surface area contributed by atoms with E-state index in [1.165, 1.54) is 6.33 Å². The number of nitrogens with zero attached hydrogens (tertiary/aromatic N) is 5. The molecule has 7 nitrogen and oxygen atoms in total. The van der Waals surface area contributed by atoms with Gasteiger partial charge in [0, 0.05) is 45.0 Å². The molecule has 1 aliphatic rings. The fraction of sp³-hybridized carbons (Fsp3) is 0.273. The molecule has 0 atom stereocenters. The van der Waals surface area contributed by atoms with Gasteiger partial charge in [0.2, 0.25) is 0 Å². The Morgan fingerprint density at radius 1 is 0.931 bits per heavy atom. The highest BCUT2D eigenvalue weighted by Gasteiger charge is 2.20. The number of rotatable bonds is 5. The minimum Gasteiger partial charge on any atom is -0.353 e. The van der Waals surface area contributed by atoms with E-state index in [2.05, 4.69) is 30.1 Å².